The van der Waals surface area contributed by atoms with Crippen LogP contribution in [0.4, 0.5) is 4.79 Å². The molecular formula is C21H22N4O4. The molecule has 2 aliphatic rings. The smallest absolute Gasteiger partial charge is 0.325 e. The topological polar surface area (TPSA) is 91.8 Å². The van der Waals surface area contributed by atoms with Crippen LogP contribution in [0.5, 0.6) is 5.88 Å². The van der Waals surface area contributed by atoms with Crippen molar-refractivity contribution >= 4 is 17.8 Å². The third-order valence-electron chi connectivity index (χ3n) is 5.66. The van der Waals surface area contributed by atoms with Gasteiger partial charge in [0.25, 0.3) is 11.8 Å². The third kappa shape index (κ3) is 3.41. The Morgan fingerprint density at radius 1 is 1.14 bits per heavy atom. The van der Waals surface area contributed by atoms with Crippen molar-refractivity contribution < 1.29 is 19.1 Å². The Morgan fingerprint density at radius 3 is 2.48 bits per heavy atom. The molecule has 0 aliphatic carbocycles. The molecule has 2 fully saturated rings. The molecule has 8 nitrogen and oxygen atoms in total. The highest BCUT2D eigenvalue weighted by Crippen LogP contribution is 2.35. The molecule has 150 valence electrons. The average molecular weight is 394 g/mol. The highest BCUT2D eigenvalue weighted by atomic mass is 16.5. The Morgan fingerprint density at radius 2 is 1.86 bits per heavy atom. The number of nitrogens with one attached hydrogen (secondary N) is 1. The van der Waals surface area contributed by atoms with Crippen LogP contribution in [0.3, 0.4) is 0 Å². The maximum Gasteiger partial charge on any atom is 0.325 e. The van der Waals surface area contributed by atoms with E-state index in [9.17, 15) is 14.4 Å². The first-order valence-corrected chi connectivity index (χ1v) is 9.50. The molecule has 2 saturated heterocycles. The minimum atomic E-state index is -0.915. The van der Waals surface area contributed by atoms with E-state index in [2.05, 4.69) is 10.3 Å². The van der Waals surface area contributed by atoms with E-state index < -0.39 is 5.54 Å². The van der Waals surface area contributed by atoms with Crippen molar-refractivity contribution in [3.63, 3.8) is 0 Å². The molecule has 1 N–H and O–H groups in total. The number of piperidine rings is 1. The minimum Gasteiger partial charge on any atom is -0.481 e. The highest BCUT2D eigenvalue weighted by Gasteiger charge is 2.54. The Balaban J connectivity index is 1.49. The summed E-state index contributed by atoms with van der Waals surface area (Å²) < 4.78 is 5.02. The fraction of sp³-hybridized carbons (Fsp3) is 0.333. The first-order valence-electron chi connectivity index (χ1n) is 9.50. The van der Waals surface area contributed by atoms with E-state index in [1.165, 1.54) is 13.3 Å². The first kappa shape index (κ1) is 18.9. The summed E-state index contributed by atoms with van der Waals surface area (Å²) in [5.41, 5.74) is 0.511. The summed E-state index contributed by atoms with van der Waals surface area (Å²) >= 11 is 0. The van der Waals surface area contributed by atoms with Gasteiger partial charge in [0.05, 0.1) is 12.7 Å². The van der Waals surface area contributed by atoms with Gasteiger partial charge in [-0.05, 0) is 24.5 Å². The lowest BCUT2D eigenvalue weighted by atomic mass is 9.85. The number of rotatable bonds is 4. The molecule has 29 heavy (non-hydrogen) atoms. The molecule has 0 radical (unpaired) electrons. The van der Waals surface area contributed by atoms with E-state index in [0.29, 0.717) is 43.9 Å². The van der Waals surface area contributed by atoms with Crippen LogP contribution in [-0.2, 0) is 11.3 Å². The van der Waals surface area contributed by atoms with E-state index in [1.807, 2.05) is 30.3 Å². The van der Waals surface area contributed by atoms with Crippen LogP contribution in [0.1, 0.15) is 28.8 Å². The van der Waals surface area contributed by atoms with Gasteiger partial charge in [-0.1, -0.05) is 30.3 Å². The molecule has 0 bridgehead atoms. The lowest BCUT2D eigenvalue weighted by molar-refractivity contribution is -0.129. The lowest BCUT2D eigenvalue weighted by Crippen LogP contribution is -2.57. The summed E-state index contributed by atoms with van der Waals surface area (Å²) in [6, 6.07) is 12.5. The van der Waals surface area contributed by atoms with Gasteiger partial charge in [0, 0.05) is 31.9 Å². The molecule has 1 spiro atoms. The van der Waals surface area contributed by atoms with Crippen LogP contribution in [0.25, 0.3) is 0 Å². The Kier molecular flexibility index (Phi) is 4.92. The lowest BCUT2D eigenvalue weighted by Gasteiger charge is -2.42. The largest absolute Gasteiger partial charge is 0.481 e. The molecule has 2 aromatic rings. The van der Waals surface area contributed by atoms with Crippen LogP contribution >= 0.6 is 0 Å². The number of aromatic nitrogens is 1. The van der Waals surface area contributed by atoms with Gasteiger partial charge in [-0.25, -0.2) is 9.78 Å². The molecule has 1 aromatic heterocycles. The Hall–Kier alpha value is -3.42. The van der Waals surface area contributed by atoms with Gasteiger partial charge in [0.15, 0.2) is 0 Å². The second kappa shape index (κ2) is 7.54. The monoisotopic (exact) mass is 394 g/mol. The number of amides is 4. The Labute approximate surface area is 168 Å². The zero-order valence-corrected chi connectivity index (χ0v) is 16.1. The van der Waals surface area contributed by atoms with Gasteiger partial charge >= 0.3 is 6.03 Å². The summed E-state index contributed by atoms with van der Waals surface area (Å²) in [6.07, 6.45) is 2.28. The van der Waals surface area contributed by atoms with Gasteiger partial charge < -0.3 is 14.5 Å². The number of ether oxygens (including phenoxy) is 1. The van der Waals surface area contributed by atoms with E-state index in [-0.39, 0.29) is 17.8 Å². The summed E-state index contributed by atoms with van der Waals surface area (Å²) in [5.74, 6) is 0.0165. The molecular weight excluding hydrogens is 372 g/mol. The van der Waals surface area contributed by atoms with E-state index in [4.69, 9.17) is 4.74 Å². The highest BCUT2D eigenvalue weighted by molar-refractivity contribution is 6.07. The summed E-state index contributed by atoms with van der Waals surface area (Å²) in [6.45, 7) is 1.13. The number of likely N-dealkylation sites (tertiary alicyclic amines) is 1. The van der Waals surface area contributed by atoms with Gasteiger partial charge in [0.1, 0.15) is 5.54 Å². The van der Waals surface area contributed by atoms with Crippen molar-refractivity contribution in [2.75, 3.05) is 20.2 Å². The summed E-state index contributed by atoms with van der Waals surface area (Å²) in [4.78, 5) is 45.3. The van der Waals surface area contributed by atoms with Crippen molar-refractivity contribution in [3.05, 3.63) is 59.8 Å². The summed E-state index contributed by atoms with van der Waals surface area (Å²) in [7, 11) is 1.52. The number of methoxy groups -OCH3 is 1. The van der Waals surface area contributed by atoms with Crippen molar-refractivity contribution in [3.8, 4) is 5.88 Å². The molecule has 4 rings (SSSR count). The van der Waals surface area contributed by atoms with Crippen molar-refractivity contribution in [2.45, 2.75) is 24.9 Å². The van der Waals surface area contributed by atoms with Crippen molar-refractivity contribution in [1.82, 2.24) is 20.1 Å². The molecule has 8 heteroatoms. The van der Waals surface area contributed by atoms with Gasteiger partial charge in [-0.3, -0.25) is 14.9 Å². The van der Waals surface area contributed by atoms with E-state index >= 15 is 0 Å². The number of urea groups is 1. The fourth-order valence-electron chi connectivity index (χ4n) is 3.97. The quantitative estimate of drug-likeness (QED) is 0.799. The molecule has 3 heterocycles. The number of benzene rings is 1. The minimum absolute atomic E-state index is 0.144. The number of nitrogens with zero attached hydrogens (tertiary/aromatic N) is 3. The number of carbonyl (C=O) groups is 3. The van der Waals surface area contributed by atoms with Crippen LogP contribution in [0, 0.1) is 0 Å². The third-order valence-corrected chi connectivity index (χ3v) is 5.66. The van der Waals surface area contributed by atoms with Gasteiger partial charge in [-0.15, -0.1) is 0 Å². The van der Waals surface area contributed by atoms with Crippen molar-refractivity contribution in [1.29, 1.82) is 0 Å². The first-order chi connectivity index (χ1) is 14.0. The molecule has 0 saturated carbocycles. The molecule has 1 aromatic carbocycles. The molecule has 0 atom stereocenters. The van der Waals surface area contributed by atoms with E-state index in [0.717, 1.165) is 5.56 Å². The predicted molar refractivity (Wildman–Crippen MR) is 104 cm³/mol. The number of carbonyl (C=O) groups excluding carboxylic acids is 3. The molecule has 0 unspecified atom stereocenters. The Bertz CT molecular complexity index is 921. The van der Waals surface area contributed by atoms with Crippen LogP contribution in [0.15, 0.2) is 48.7 Å². The fourth-order valence-corrected chi connectivity index (χ4v) is 3.97. The van der Waals surface area contributed by atoms with Gasteiger partial charge in [-0.2, -0.15) is 0 Å². The zero-order chi connectivity index (χ0) is 20.4. The number of hydrogen-bond donors (Lipinski definition) is 1. The maximum absolute atomic E-state index is 12.8. The van der Waals surface area contributed by atoms with Crippen LogP contribution < -0.4 is 10.1 Å². The number of imide groups is 1. The second-order valence-electron chi connectivity index (χ2n) is 7.24. The molecule has 2 aliphatic heterocycles. The standard InChI is InChI=1S/C21H22N4O4/c1-29-17-8-7-16(13-22-17)18(26)24-11-9-21(10-12-24)19(27)23-20(28)25(21)14-15-5-3-2-4-6-15/h2-8,13H,9-12,14H2,1H3,(H,23,27,28). The second-order valence-corrected chi connectivity index (χ2v) is 7.24. The van der Waals surface area contributed by atoms with Crippen LogP contribution in [-0.4, -0.2) is 58.4 Å². The van der Waals surface area contributed by atoms with Crippen molar-refractivity contribution in [2.24, 2.45) is 0 Å². The normalized spacial score (nSPS) is 18.1. The predicted octanol–water partition coefficient (Wildman–Crippen LogP) is 1.82. The zero-order valence-electron chi connectivity index (χ0n) is 16.1. The molecule has 4 amide bonds. The number of hydrogen-bond acceptors (Lipinski definition) is 5. The van der Waals surface area contributed by atoms with Crippen LogP contribution in [0.2, 0.25) is 0 Å². The SMILES string of the molecule is COc1ccc(C(=O)N2CCC3(CC2)C(=O)NC(=O)N3Cc2ccccc2)cn1. The number of pyridine rings is 1. The van der Waals surface area contributed by atoms with E-state index in [1.54, 1.807) is 21.9 Å². The van der Waals surface area contributed by atoms with Gasteiger partial charge in [0.2, 0.25) is 5.88 Å². The maximum atomic E-state index is 12.8. The summed E-state index contributed by atoms with van der Waals surface area (Å²) in [5, 5.41) is 2.46. The average Bonchev–Trinajstić information content (AvgIpc) is 2.98.